The Morgan fingerprint density at radius 2 is 1.94 bits per heavy atom. The van der Waals surface area contributed by atoms with Crippen molar-refractivity contribution < 1.29 is 4.79 Å². The molecule has 0 radical (unpaired) electrons. The molecule has 0 amide bonds. The molecule has 3 heteroatoms. The third-order valence-corrected chi connectivity index (χ3v) is 6.11. The summed E-state index contributed by atoms with van der Waals surface area (Å²) in [4.78, 5) is 13.3. The van der Waals surface area contributed by atoms with E-state index in [0.717, 1.165) is 29.6 Å². The van der Waals surface area contributed by atoms with Crippen LogP contribution in [-0.2, 0) is 0 Å². The molecule has 3 unspecified atom stereocenters. The number of carbonyl (C=O) groups excluding carboxylic acids is 1. The predicted molar refractivity (Wildman–Crippen MR) is 76.4 cm³/mol. The highest BCUT2D eigenvalue weighted by molar-refractivity contribution is 7.12. The van der Waals surface area contributed by atoms with E-state index in [1.807, 2.05) is 11.4 Å². The van der Waals surface area contributed by atoms with Crippen LogP contribution in [0.3, 0.4) is 0 Å². The smallest absolute Gasteiger partial charge is 0.177 e. The Labute approximate surface area is 118 Å². The molecule has 0 aromatic carbocycles. The molecule has 2 fully saturated rings. The standard InChI is InChI=1S/C15H19ClOS/c16-13-7-8-18-15(13)14(17)12-6-5-10-3-1-2-4-11(10)9-12/h7-8,10-12H,1-6,9H2. The van der Waals surface area contributed by atoms with Crippen LogP contribution < -0.4 is 0 Å². The average molecular weight is 283 g/mol. The zero-order valence-corrected chi connectivity index (χ0v) is 12.1. The van der Waals surface area contributed by atoms with Gasteiger partial charge in [0.15, 0.2) is 5.78 Å². The maximum absolute atomic E-state index is 12.5. The first-order valence-corrected chi connectivity index (χ1v) is 8.28. The number of halogens is 1. The van der Waals surface area contributed by atoms with Gasteiger partial charge in [-0.1, -0.05) is 37.3 Å². The first kappa shape index (κ1) is 12.7. The molecule has 0 spiro atoms. The summed E-state index contributed by atoms with van der Waals surface area (Å²) in [5, 5.41) is 2.57. The minimum atomic E-state index is 0.237. The van der Waals surface area contributed by atoms with Crippen LogP contribution in [0.2, 0.25) is 5.02 Å². The van der Waals surface area contributed by atoms with Gasteiger partial charge in [0.05, 0.1) is 9.90 Å². The second-order valence-corrected chi connectivity index (χ2v) is 7.10. The molecule has 0 bridgehead atoms. The summed E-state index contributed by atoms with van der Waals surface area (Å²) >= 11 is 7.58. The van der Waals surface area contributed by atoms with Gasteiger partial charge in [-0.2, -0.15) is 0 Å². The lowest BCUT2D eigenvalue weighted by Crippen LogP contribution is -2.31. The van der Waals surface area contributed by atoms with Gasteiger partial charge in [0.25, 0.3) is 0 Å². The Balaban J connectivity index is 1.70. The fraction of sp³-hybridized carbons (Fsp3) is 0.667. The molecule has 2 aliphatic rings. The van der Waals surface area contributed by atoms with E-state index < -0.39 is 0 Å². The maximum Gasteiger partial charge on any atom is 0.177 e. The number of hydrogen-bond acceptors (Lipinski definition) is 2. The highest BCUT2D eigenvalue weighted by Gasteiger charge is 2.35. The lowest BCUT2D eigenvalue weighted by molar-refractivity contribution is 0.0767. The lowest BCUT2D eigenvalue weighted by atomic mass is 9.66. The van der Waals surface area contributed by atoms with Gasteiger partial charge in [-0.3, -0.25) is 4.79 Å². The molecule has 1 heterocycles. The van der Waals surface area contributed by atoms with Crippen molar-refractivity contribution in [1.82, 2.24) is 0 Å². The van der Waals surface area contributed by atoms with E-state index in [2.05, 4.69) is 0 Å². The highest BCUT2D eigenvalue weighted by atomic mass is 35.5. The fourth-order valence-electron chi connectivity index (χ4n) is 3.77. The monoisotopic (exact) mass is 282 g/mol. The molecular weight excluding hydrogens is 264 g/mol. The van der Waals surface area contributed by atoms with Gasteiger partial charge in [0.2, 0.25) is 0 Å². The fourth-order valence-corrected chi connectivity index (χ4v) is 4.93. The SMILES string of the molecule is O=C(c1sccc1Cl)C1CCC2CCCCC2C1. The van der Waals surface area contributed by atoms with E-state index >= 15 is 0 Å². The van der Waals surface area contributed by atoms with Crippen molar-refractivity contribution in [2.75, 3.05) is 0 Å². The van der Waals surface area contributed by atoms with E-state index in [-0.39, 0.29) is 5.92 Å². The first-order valence-electron chi connectivity index (χ1n) is 7.03. The molecule has 2 saturated carbocycles. The zero-order valence-electron chi connectivity index (χ0n) is 10.5. The predicted octanol–water partition coefficient (Wildman–Crippen LogP) is 5.19. The van der Waals surface area contributed by atoms with Crippen molar-refractivity contribution in [3.63, 3.8) is 0 Å². The Hall–Kier alpha value is -0.340. The minimum Gasteiger partial charge on any atom is -0.293 e. The summed E-state index contributed by atoms with van der Waals surface area (Å²) in [7, 11) is 0. The molecule has 1 aromatic rings. The summed E-state index contributed by atoms with van der Waals surface area (Å²) < 4.78 is 0. The summed E-state index contributed by atoms with van der Waals surface area (Å²) in [6, 6.07) is 1.84. The summed E-state index contributed by atoms with van der Waals surface area (Å²) in [5.74, 6) is 2.25. The van der Waals surface area contributed by atoms with Crippen LogP contribution in [0.15, 0.2) is 11.4 Å². The van der Waals surface area contributed by atoms with Crippen LogP contribution in [0, 0.1) is 17.8 Å². The number of hydrogen-bond donors (Lipinski definition) is 0. The van der Waals surface area contributed by atoms with Gasteiger partial charge in [-0.25, -0.2) is 0 Å². The molecule has 0 aliphatic heterocycles. The summed E-state index contributed by atoms with van der Waals surface area (Å²) in [6.07, 6.45) is 8.94. The van der Waals surface area contributed by atoms with Crippen molar-refractivity contribution in [1.29, 1.82) is 0 Å². The minimum absolute atomic E-state index is 0.237. The zero-order chi connectivity index (χ0) is 12.5. The molecule has 0 saturated heterocycles. The van der Waals surface area contributed by atoms with Crippen molar-refractivity contribution in [2.45, 2.75) is 44.9 Å². The van der Waals surface area contributed by atoms with Crippen molar-refractivity contribution in [3.05, 3.63) is 21.3 Å². The van der Waals surface area contributed by atoms with Gasteiger partial charge in [0.1, 0.15) is 0 Å². The largest absolute Gasteiger partial charge is 0.293 e. The van der Waals surface area contributed by atoms with Crippen LogP contribution in [-0.4, -0.2) is 5.78 Å². The van der Waals surface area contributed by atoms with Crippen LogP contribution >= 0.6 is 22.9 Å². The number of ketones is 1. The molecule has 1 nitrogen and oxygen atoms in total. The van der Waals surface area contributed by atoms with E-state index in [1.165, 1.54) is 43.4 Å². The van der Waals surface area contributed by atoms with E-state index in [1.54, 1.807) is 0 Å². The Kier molecular flexibility index (Phi) is 3.76. The number of carbonyl (C=O) groups is 1. The van der Waals surface area contributed by atoms with Crippen molar-refractivity contribution in [2.24, 2.45) is 17.8 Å². The number of thiophene rings is 1. The molecule has 3 atom stereocenters. The quantitative estimate of drug-likeness (QED) is 0.682. The van der Waals surface area contributed by atoms with Crippen LogP contribution in [0.4, 0.5) is 0 Å². The van der Waals surface area contributed by atoms with Gasteiger partial charge in [0, 0.05) is 5.92 Å². The first-order chi connectivity index (χ1) is 8.75. The second kappa shape index (κ2) is 5.34. The average Bonchev–Trinajstić information content (AvgIpc) is 2.83. The number of fused-ring (bicyclic) bond motifs is 1. The van der Waals surface area contributed by atoms with Crippen LogP contribution in [0.5, 0.6) is 0 Å². The third kappa shape index (κ3) is 2.37. The molecule has 2 aliphatic carbocycles. The van der Waals surface area contributed by atoms with Gasteiger partial charge >= 0.3 is 0 Å². The normalized spacial score (nSPS) is 31.9. The maximum atomic E-state index is 12.5. The summed E-state index contributed by atoms with van der Waals surface area (Å²) in [5.41, 5.74) is 0. The third-order valence-electron chi connectivity index (χ3n) is 4.75. The van der Waals surface area contributed by atoms with Gasteiger partial charge in [-0.15, -0.1) is 11.3 Å². The topological polar surface area (TPSA) is 17.1 Å². The van der Waals surface area contributed by atoms with Crippen molar-refractivity contribution in [3.8, 4) is 0 Å². The Morgan fingerprint density at radius 1 is 1.17 bits per heavy atom. The number of rotatable bonds is 2. The molecule has 1 aromatic heterocycles. The Morgan fingerprint density at radius 3 is 2.67 bits per heavy atom. The highest BCUT2D eigenvalue weighted by Crippen LogP contribution is 2.44. The van der Waals surface area contributed by atoms with E-state index in [4.69, 9.17) is 11.6 Å². The molecule has 3 rings (SSSR count). The van der Waals surface area contributed by atoms with Gasteiger partial charge in [-0.05, 0) is 42.5 Å². The lowest BCUT2D eigenvalue weighted by Gasteiger charge is -2.38. The van der Waals surface area contributed by atoms with Gasteiger partial charge < -0.3 is 0 Å². The molecule has 98 valence electrons. The van der Waals surface area contributed by atoms with E-state index in [0.29, 0.717) is 10.8 Å². The summed E-state index contributed by atoms with van der Waals surface area (Å²) in [6.45, 7) is 0. The second-order valence-electron chi connectivity index (χ2n) is 5.78. The Bertz CT molecular complexity index is 439. The van der Waals surface area contributed by atoms with Crippen LogP contribution in [0.25, 0.3) is 0 Å². The van der Waals surface area contributed by atoms with E-state index in [9.17, 15) is 4.79 Å². The molecule has 0 N–H and O–H groups in total. The molecular formula is C15H19ClOS. The van der Waals surface area contributed by atoms with Crippen molar-refractivity contribution >= 4 is 28.7 Å². The number of Topliss-reactive ketones (excluding diaryl/α,β-unsaturated/α-hetero) is 1. The van der Waals surface area contributed by atoms with Crippen LogP contribution in [0.1, 0.15) is 54.6 Å². The molecule has 18 heavy (non-hydrogen) atoms.